The normalized spacial score (nSPS) is 12.3. The molecular formula is C12H20KLiO4. The number of hydrogen-bond acceptors (Lipinski definition) is 4. The van der Waals surface area contributed by atoms with Crippen molar-refractivity contribution in [3.8, 4) is 0 Å². The minimum atomic E-state index is -1.55. The molecule has 0 heterocycles. The van der Waals surface area contributed by atoms with E-state index < -0.39 is 17.9 Å². The van der Waals surface area contributed by atoms with Crippen LogP contribution in [0, 0.1) is 17.3 Å². The average molecular weight is 274 g/mol. The van der Waals surface area contributed by atoms with Crippen molar-refractivity contribution in [2.45, 2.75) is 47.0 Å². The van der Waals surface area contributed by atoms with Gasteiger partial charge in [-0.2, -0.15) is 0 Å². The predicted molar refractivity (Wildman–Crippen MR) is 56.0 cm³/mol. The minimum absolute atomic E-state index is 0. The Morgan fingerprint density at radius 3 is 1.72 bits per heavy atom. The molecule has 0 rings (SSSR count). The molecule has 0 bridgehead atoms. The topological polar surface area (TPSA) is 80.3 Å². The van der Waals surface area contributed by atoms with Crippen molar-refractivity contribution in [1.29, 1.82) is 0 Å². The molecule has 0 amide bonds. The Hall–Kier alpha value is 1.17. The molecule has 0 aliphatic heterocycles. The van der Waals surface area contributed by atoms with Crippen molar-refractivity contribution < 1.29 is 90.0 Å². The number of carboxylic acids is 2. The van der Waals surface area contributed by atoms with Gasteiger partial charge in [-0.1, -0.05) is 40.5 Å². The Labute approximate surface area is 164 Å². The maximum absolute atomic E-state index is 10.7. The van der Waals surface area contributed by atoms with Gasteiger partial charge >= 0.3 is 70.2 Å². The molecule has 6 heteroatoms. The third kappa shape index (κ3) is 9.14. The third-order valence-corrected chi connectivity index (χ3v) is 2.95. The Balaban J connectivity index is -0.00000112. The quantitative estimate of drug-likeness (QED) is 0.357. The van der Waals surface area contributed by atoms with Crippen LogP contribution in [0.15, 0.2) is 0 Å². The van der Waals surface area contributed by atoms with E-state index >= 15 is 0 Å². The molecule has 0 saturated heterocycles. The molecule has 0 aromatic heterocycles. The second-order valence-corrected chi connectivity index (χ2v) is 5.28. The number of aliphatic carboxylic acids is 2. The molecule has 0 aliphatic carbocycles. The van der Waals surface area contributed by atoms with Gasteiger partial charge in [0.25, 0.3) is 0 Å². The van der Waals surface area contributed by atoms with Gasteiger partial charge in [-0.3, -0.25) is 0 Å². The first-order valence-corrected chi connectivity index (χ1v) is 5.61. The Morgan fingerprint density at radius 1 is 1.11 bits per heavy atom. The molecule has 0 fully saturated rings. The summed E-state index contributed by atoms with van der Waals surface area (Å²) in [5, 5.41) is 21.4. The van der Waals surface area contributed by atoms with Crippen LogP contribution in [0.3, 0.4) is 0 Å². The Morgan fingerprint density at radius 2 is 1.50 bits per heavy atom. The van der Waals surface area contributed by atoms with Gasteiger partial charge in [0.15, 0.2) is 0 Å². The van der Waals surface area contributed by atoms with Crippen LogP contribution in [0.4, 0.5) is 0 Å². The van der Waals surface area contributed by atoms with E-state index in [2.05, 4.69) is 0 Å². The summed E-state index contributed by atoms with van der Waals surface area (Å²) in [6.45, 7) is 7.94. The molecule has 0 spiro atoms. The number of carbonyl (C=O) groups excluding carboxylic acids is 2. The van der Waals surface area contributed by atoms with Crippen LogP contribution in [0.1, 0.15) is 47.0 Å². The predicted octanol–water partition coefficient (Wildman–Crippen LogP) is -6.04. The van der Waals surface area contributed by atoms with Gasteiger partial charge in [-0.15, -0.1) is 0 Å². The van der Waals surface area contributed by atoms with Crippen LogP contribution in [-0.2, 0) is 9.59 Å². The summed E-state index contributed by atoms with van der Waals surface area (Å²) in [5.74, 6) is -4.57. The number of carbonyl (C=O) groups is 2. The average Bonchev–Trinajstić information content (AvgIpc) is 2.08. The fraction of sp³-hybridized carbons (Fsp3) is 0.833. The molecule has 0 N–H and O–H groups in total. The monoisotopic (exact) mass is 274 g/mol. The van der Waals surface area contributed by atoms with Gasteiger partial charge in [0.1, 0.15) is 0 Å². The van der Waals surface area contributed by atoms with Crippen LogP contribution in [0.25, 0.3) is 0 Å². The van der Waals surface area contributed by atoms with Crippen LogP contribution in [-0.4, -0.2) is 11.9 Å². The summed E-state index contributed by atoms with van der Waals surface area (Å²) in [6.07, 6.45) is 1.79. The Bertz CT molecular complexity index is 249. The van der Waals surface area contributed by atoms with E-state index in [0.717, 1.165) is 12.8 Å². The van der Waals surface area contributed by atoms with E-state index in [1.54, 1.807) is 0 Å². The molecule has 0 aromatic carbocycles. The van der Waals surface area contributed by atoms with Crippen molar-refractivity contribution >= 4 is 11.9 Å². The first-order valence-electron chi connectivity index (χ1n) is 5.61. The number of hydrogen-bond donors (Lipinski definition) is 0. The van der Waals surface area contributed by atoms with Gasteiger partial charge in [0, 0.05) is 5.92 Å². The Kier molecular flexibility index (Phi) is 14.7. The molecule has 0 aliphatic rings. The minimum Gasteiger partial charge on any atom is -0.549 e. The van der Waals surface area contributed by atoms with Crippen LogP contribution >= 0.6 is 0 Å². The van der Waals surface area contributed by atoms with Gasteiger partial charge in [-0.05, 0) is 17.8 Å². The smallest absolute Gasteiger partial charge is 0.549 e. The molecule has 94 valence electrons. The van der Waals surface area contributed by atoms with Crippen molar-refractivity contribution in [2.24, 2.45) is 17.3 Å². The fourth-order valence-corrected chi connectivity index (χ4v) is 1.83. The first-order chi connectivity index (χ1) is 7.20. The van der Waals surface area contributed by atoms with Crippen molar-refractivity contribution in [3.63, 3.8) is 0 Å². The van der Waals surface area contributed by atoms with Gasteiger partial charge in [0.05, 0.1) is 11.9 Å². The van der Waals surface area contributed by atoms with E-state index in [1.165, 1.54) is 0 Å². The standard InChI is InChI=1S/C12H22O4.K.Li/c1-5-6-8(12(2,3)4)7-9(10(13)14)11(15)16;;/h8-9H,5-7H2,1-4H3,(H,13,14)(H,15,16);;/q;2*+1/p-2. The van der Waals surface area contributed by atoms with E-state index in [-0.39, 0.29) is 88.0 Å². The van der Waals surface area contributed by atoms with E-state index in [9.17, 15) is 19.8 Å². The molecule has 1 unspecified atom stereocenters. The molecule has 0 aromatic rings. The van der Waals surface area contributed by atoms with Gasteiger partial charge in [-0.25, -0.2) is 0 Å². The molecule has 18 heavy (non-hydrogen) atoms. The van der Waals surface area contributed by atoms with E-state index in [4.69, 9.17) is 0 Å². The largest absolute Gasteiger partial charge is 1.00 e. The summed E-state index contributed by atoms with van der Waals surface area (Å²) in [7, 11) is 0. The maximum Gasteiger partial charge on any atom is 1.00 e. The number of carboxylic acid groups (broad SMARTS) is 2. The second kappa shape index (κ2) is 10.9. The summed E-state index contributed by atoms with van der Waals surface area (Å²) in [6, 6.07) is 0. The summed E-state index contributed by atoms with van der Waals surface area (Å²) < 4.78 is 0. The maximum atomic E-state index is 10.7. The van der Waals surface area contributed by atoms with Crippen LogP contribution in [0.5, 0.6) is 0 Å². The summed E-state index contributed by atoms with van der Waals surface area (Å²) in [5.41, 5.74) is -0.112. The van der Waals surface area contributed by atoms with Gasteiger partial charge < -0.3 is 19.8 Å². The van der Waals surface area contributed by atoms with Crippen LogP contribution < -0.4 is 80.5 Å². The first kappa shape index (κ1) is 24.2. The SMILES string of the molecule is CCCC(CC(C(=O)[O-])C(=O)[O-])C(C)(C)C.[K+].[Li+]. The van der Waals surface area contributed by atoms with E-state index in [1.807, 2.05) is 27.7 Å². The van der Waals surface area contributed by atoms with E-state index in [0.29, 0.717) is 0 Å². The zero-order valence-electron chi connectivity index (χ0n) is 12.4. The van der Waals surface area contributed by atoms with Crippen LogP contribution in [0.2, 0.25) is 0 Å². The summed E-state index contributed by atoms with van der Waals surface area (Å²) >= 11 is 0. The number of rotatable bonds is 6. The van der Waals surface area contributed by atoms with Gasteiger partial charge in [0.2, 0.25) is 0 Å². The van der Waals surface area contributed by atoms with Crippen molar-refractivity contribution in [3.05, 3.63) is 0 Å². The second-order valence-electron chi connectivity index (χ2n) is 5.28. The molecule has 0 saturated carbocycles. The molecule has 0 radical (unpaired) electrons. The van der Waals surface area contributed by atoms with Crippen molar-refractivity contribution in [2.75, 3.05) is 0 Å². The molecular weight excluding hydrogens is 254 g/mol. The third-order valence-electron chi connectivity index (χ3n) is 2.95. The fourth-order valence-electron chi connectivity index (χ4n) is 1.83. The zero-order valence-corrected chi connectivity index (χ0v) is 15.5. The zero-order chi connectivity index (χ0) is 12.9. The molecule has 4 nitrogen and oxygen atoms in total. The van der Waals surface area contributed by atoms with Crippen molar-refractivity contribution in [1.82, 2.24) is 0 Å². The summed E-state index contributed by atoms with van der Waals surface area (Å²) in [4.78, 5) is 21.4. The molecule has 1 atom stereocenters.